The molecule has 0 aromatic carbocycles. The van der Waals surface area contributed by atoms with Gasteiger partial charge in [-0.3, -0.25) is 0 Å². The summed E-state index contributed by atoms with van der Waals surface area (Å²) in [6.07, 6.45) is 1.54. The lowest BCUT2D eigenvalue weighted by Crippen LogP contribution is -2.41. The van der Waals surface area contributed by atoms with E-state index in [2.05, 4.69) is 40.8 Å². The summed E-state index contributed by atoms with van der Waals surface area (Å²) in [5.41, 5.74) is 0. The molecule has 1 rings (SSSR count). The summed E-state index contributed by atoms with van der Waals surface area (Å²) in [5, 5.41) is 0.289. The SMILES string of the molecule is CCC1O[C@@H]1O[Si](C)(C)C(C)(C)C. The van der Waals surface area contributed by atoms with Gasteiger partial charge in [0.15, 0.2) is 14.6 Å². The summed E-state index contributed by atoms with van der Waals surface area (Å²) in [5.74, 6) is 0. The van der Waals surface area contributed by atoms with E-state index in [0.29, 0.717) is 6.10 Å². The number of epoxide rings is 1. The van der Waals surface area contributed by atoms with Gasteiger partial charge in [0.05, 0.1) is 0 Å². The predicted molar refractivity (Wildman–Crippen MR) is 57.2 cm³/mol. The molecule has 0 N–H and O–H groups in total. The summed E-state index contributed by atoms with van der Waals surface area (Å²) in [6.45, 7) is 13.4. The van der Waals surface area contributed by atoms with E-state index < -0.39 is 8.32 Å². The van der Waals surface area contributed by atoms with Crippen molar-refractivity contribution in [2.45, 2.75) is 64.6 Å². The van der Waals surface area contributed by atoms with Crippen LogP contribution in [0.5, 0.6) is 0 Å². The standard InChI is InChI=1S/C10H22O2Si/c1-7-8-9(11-8)12-13(5,6)10(2,3)4/h8-9H,7H2,1-6H3/t8?,9-/m1/s1. The maximum atomic E-state index is 6.03. The molecular weight excluding hydrogens is 180 g/mol. The minimum absolute atomic E-state index is 0.103. The molecule has 1 aliphatic rings. The van der Waals surface area contributed by atoms with Crippen molar-refractivity contribution in [1.82, 2.24) is 0 Å². The summed E-state index contributed by atoms with van der Waals surface area (Å²) in [7, 11) is -1.59. The van der Waals surface area contributed by atoms with Gasteiger partial charge in [-0.05, 0) is 24.6 Å². The van der Waals surface area contributed by atoms with Gasteiger partial charge in [0, 0.05) is 0 Å². The molecule has 1 unspecified atom stereocenters. The molecule has 2 atom stereocenters. The van der Waals surface area contributed by atoms with Crippen molar-refractivity contribution >= 4 is 8.32 Å². The zero-order valence-corrected chi connectivity index (χ0v) is 10.7. The van der Waals surface area contributed by atoms with E-state index in [-0.39, 0.29) is 11.3 Å². The second kappa shape index (κ2) is 3.37. The Labute approximate surface area is 82.7 Å². The highest BCUT2D eigenvalue weighted by molar-refractivity contribution is 6.74. The Hall–Kier alpha value is 0.137. The third kappa shape index (κ3) is 2.54. The molecular formula is C10H22O2Si. The summed E-state index contributed by atoms with van der Waals surface area (Å²) >= 11 is 0. The van der Waals surface area contributed by atoms with E-state index in [1.54, 1.807) is 0 Å². The first-order valence-corrected chi connectivity index (χ1v) is 8.02. The summed E-state index contributed by atoms with van der Waals surface area (Å²) in [6, 6.07) is 0. The van der Waals surface area contributed by atoms with E-state index >= 15 is 0 Å². The van der Waals surface area contributed by atoms with Gasteiger partial charge < -0.3 is 9.16 Å². The van der Waals surface area contributed by atoms with Crippen LogP contribution >= 0.6 is 0 Å². The first kappa shape index (κ1) is 11.2. The van der Waals surface area contributed by atoms with Crippen LogP contribution in [0.2, 0.25) is 18.1 Å². The average molecular weight is 202 g/mol. The van der Waals surface area contributed by atoms with Crippen LogP contribution in [0.1, 0.15) is 34.1 Å². The minimum Gasteiger partial charge on any atom is -0.390 e. The van der Waals surface area contributed by atoms with Crippen LogP contribution in [0.4, 0.5) is 0 Å². The minimum atomic E-state index is -1.59. The molecule has 1 heterocycles. The highest BCUT2D eigenvalue weighted by Gasteiger charge is 2.47. The van der Waals surface area contributed by atoms with Crippen molar-refractivity contribution in [2.24, 2.45) is 0 Å². The fourth-order valence-corrected chi connectivity index (χ4v) is 2.13. The topological polar surface area (TPSA) is 21.8 Å². The van der Waals surface area contributed by atoms with Gasteiger partial charge in [-0.25, -0.2) is 0 Å². The van der Waals surface area contributed by atoms with E-state index in [4.69, 9.17) is 9.16 Å². The quantitative estimate of drug-likeness (QED) is 0.518. The van der Waals surface area contributed by atoms with Crippen molar-refractivity contribution in [1.29, 1.82) is 0 Å². The smallest absolute Gasteiger partial charge is 0.195 e. The number of rotatable bonds is 3. The number of hydrogen-bond acceptors (Lipinski definition) is 2. The number of hydrogen-bond donors (Lipinski definition) is 0. The Morgan fingerprint density at radius 1 is 1.31 bits per heavy atom. The lowest BCUT2D eigenvalue weighted by molar-refractivity contribution is 0.161. The molecule has 2 nitrogen and oxygen atoms in total. The van der Waals surface area contributed by atoms with Gasteiger partial charge in [0.2, 0.25) is 0 Å². The molecule has 1 aliphatic heterocycles. The van der Waals surface area contributed by atoms with Gasteiger partial charge in [0.1, 0.15) is 6.10 Å². The molecule has 3 heteroatoms. The predicted octanol–water partition coefficient (Wildman–Crippen LogP) is 3.14. The monoisotopic (exact) mass is 202 g/mol. The van der Waals surface area contributed by atoms with Crippen LogP contribution in [0.3, 0.4) is 0 Å². The molecule has 13 heavy (non-hydrogen) atoms. The normalized spacial score (nSPS) is 29.1. The van der Waals surface area contributed by atoms with E-state index in [1.807, 2.05) is 0 Å². The van der Waals surface area contributed by atoms with Gasteiger partial charge in [-0.1, -0.05) is 27.7 Å². The van der Waals surface area contributed by atoms with Crippen molar-refractivity contribution in [3.8, 4) is 0 Å². The largest absolute Gasteiger partial charge is 0.390 e. The maximum absolute atomic E-state index is 6.03. The van der Waals surface area contributed by atoms with Crippen LogP contribution in [-0.4, -0.2) is 20.7 Å². The molecule has 1 saturated heterocycles. The van der Waals surface area contributed by atoms with E-state index in [0.717, 1.165) is 6.42 Å². The van der Waals surface area contributed by atoms with Crippen LogP contribution in [0.25, 0.3) is 0 Å². The lowest BCUT2D eigenvalue weighted by Gasteiger charge is -2.35. The van der Waals surface area contributed by atoms with Crippen LogP contribution < -0.4 is 0 Å². The molecule has 0 saturated carbocycles. The van der Waals surface area contributed by atoms with Gasteiger partial charge in [-0.15, -0.1) is 0 Å². The Morgan fingerprint density at radius 3 is 2.15 bits per heavy atom. The fraction of sp³-hybridized carbons (Fsp3) is 1.00. The summed E-state index contributed by atoms with van der Waals surface area (Å²) < 4.78 is 11.4. The van der Waals surface area contributed by atoms with Gasteiger partial charge >= 0.3 is 0 Å². The van der Waals surface area contributed by atoms with Crippen LogP contribution in [0, 0.1) is 0 Å². The second-order valence-corrected chi connectivity index (χ2v) is 10.1. The molecule has 0 amide bonds. The molecule has 0 aromatic rings. The maximum Gasteiger partial charge on any atom is 0.195 e. The molecule has 0 spiro atoms. The van der Waals surface area contributed by atoms with Crippen molar-refractivity contribution in [3.63, 3.8) is 0 Å². The highest BCUT2D eigenvalue weighted by Crippen LogP contribution is 2.40. The third-order valence-corrected chi connectivity index (χ3v) is 7.59. The zero-order chi connectivity index (χ0) is 10.3. The van der Waals surface area contributed by atoms with E-state index in [1.165, 1.54) is 0 Å². The van der Waals surface area contributed by atoms with Crippen molar-refractivity contribution < 1.29 is 9.16 Å². The Kier molecular flexibility index (Phi) is 2.91. The molecule has 1 fully saturated rings. The number of ether oxygens (including phenoxy) is 1. The highest BCUT2D eigenvalue weighted by atomic mass is 28.4. The average Bonchev–Trinajstić information content (AvgIpc) is 2.63. The molecule has 0 bridgehead atoms. The fourth-order valence-electron chi connectivity index (χ4n) is 0.986. The van der Waals surface area contributed by atoms with Gasteiger partial charge in [0.25, 0.3) is 0 Å². The Morgan fingerprint density at radius 2 is 1.85 bits per heavy atom. The first-order chi connectivity index (χ1) is 5.78. The van der Waals surface area contributed by atoms with Crippen molar-refractivity contribution in [3.05, 3.63) is 0 Å². The molecule has 0 aliphatic carbocycles. The van der Waals surface area contributed by atoms with E-state index in [9.17, 15) is 0 Å². The van der Waals surface area contributed by atoms with Crippen LogP contribution in [-0.2, 0) is 9.16 Å². The Balaban J connectivity index is 2.44. The molecule has 78 valence electrons. The lowest BCUT2D eigenvalue weighted by atomic mass is 10.2. The second-order valence-electron chi connectivity index (χ2n) is 5.33. The van der Waals surface area contributed by atoms with Crippen LogP contribution in [0.15, 0.2) is 0 Å². The van der Waals surface area contributed by atoms with Gasteiger partial charge in [-0.2, -0.15) is 0 Å². The Bertz CT molecular complexity index is 184. The zero-order valence-electron chi connectivity index (χ0n) is 9.68. The van der Waals surface area contributed by atoms with Crippen molar-refractivity contribution in [2.75, 3.05) is 0 Å². The first-order valence-electron chi connectivity index (χ1n) is 5.11. The molecule has 0 radical (unpaired) electrons. The third-order valence-electron chi connectivity index (χ3n) is 3.16. The summed E-state index contributed by atoms with van der Waals surface area (Å²) in [4.78, 5) is 0. The molecule has 0 aromatic heterocycles.